The molecule has 0 radical (unpaired) electrons. The van der Waals surface area contributed by atoms with Crippen LogP contribution >= 0.6 is 11.3 Å². The number of thiazole rings is 1. The lowest BCUT2D eigenvalue weighted by molar-refractivity contribution is 0.174. The molecule has 0 bridgehead atoms. The van der Waals surface area contributed by atoms with Crippen molar-refractivity contribution in [2.24, 2.45) is 0 Å². The molecule has 0 unspecified atom stereocenters. The molecule has 0 fully saturated rings. The van der Waals surface area contributed by atoms with Crippen molar-refractivity contribution in [2.45, 2.75) is 13.5 Å². The Hall–Kier alpha value is -2.54. The van der Waals surface area contributed by atoms with Crippen molar-refractivity contribution in [3.8, 4) is 11.5 Å². The fourth-order valence-corrected chi connectivity index (χ4v) is 3.28. The van der Waals surface area contributed by atoms with Gasteiger partial charge in [0.2, 0.25) is 6.79 Å². The molecule has 22 heavy (non-hydrogen) atoms. The topological polar surface area (TPSA) is 64.9 Å². The van der Waals surface area contributed by atoms with Crippen LogP contribution < -0.4 is 20.3 Å². The van der Waals surface area contributed by atoms with Crippen LogP contribution in [0, 0.1) is 6.92 Å². The summed E-state index contributed by atoms with van der Waals surface area (Å²) in [5, 5.41) is 5.18. The molecule has 1 aliphatic rings. The Kier molecular flexibility index (Phi) is 3.00. The van der Waals surface area contributed by atoms with Gasteiger partial charge in [-0.25, -0.2) is 4.98 Å². The fraction of sp³-hybridized carbons (Fsp3) is 0.200. The summed E-state index contributed by atoms with van der Waals surface area (Å²) in [6, 6.07) is 7.21. The molecule has 3 aromatic rings. The predicted molar refractivity (Wildman–Crippen MR) is 84.0 cm³/mol. The van der Waals surface area contributed by atoms with Crippen LogP contribution in [0.2, 0.25) is 0 Å². The highest BCUT2D eigenvalue weighted by Gasteiger charge is 2.13. The van der Waals surface area contributed by atoms with Gasteiger partial charge in [-0.1, -0.05) is 0 Å². The van der Waals surface area contributed by atoms with Crippen LogP contribution in [0.1, 0.15) is 11.4 Å². The lowest BCUT2D eigenvalue weighted by atomic mass is 10.2. The van der Waals surface area contributed by atoms with E-state index in [1.807, 2.05) is 30.5 Å². The first-order valence-electron chi connectivity index (χ1n) is 6.81. The molecule has 0 amide bonds. The molecule has 3 heterocycles. The number of nitrogens with one attached hydrogen (secondary N) is 1. The Morgan fingerprint density at radius 3 is 3.09 bits per heavy atom. The average molecular weight is 315 g/mol. The summed E-state index contributed by atoms with van der Waals surface area (Å²) in [6.07, 6.45) is 0. The van der Waals surface area contributed by atoms with Gasteiger partial charge in [-0.2, -0.15) is 0 Å². The number of fused-ring (bicyclic) bond motifs is 2. The minimum Gasteiger partial charge on any atom is -0.454 e. The lowest BCUT2D eigenvalue weighted by Crippen LogP contribution is -2.16. The Labute approximate surface area is 130 Å². The van der Waals surface area contributed by atoms with Crippen LogP contribution in [-0.4, -0.2) is 16.2 Å². The van der Waals surface area contributed by atoms with Crippen molar-refractivity contribution in [2.75, 3.05) is 12.1 Å². The van der Waals surface area contributed by atoms with E-state index in [1.165, 1.54) is 11.3 Å². The van der Waals surface area contributed by atoms with Crippen molar-refractivity contribution < 1.29 is 9.47 Å². The van der Waals surface area contributed by atoms with E-state index in [0.717, 1.165) is 22.9 Å². The molecule has 6 nitrogen and oxygen atoms in total. The van der Waals surface area contributed by atoms with Gasteiger partial charge in [0.25, 0.3) is 5.56 Å². The first kappa shape index (κ1) is 13.1. The number of aryl methyl sites for hydroxylation is 1. The normalized spacial score (nSPS) is 12.8. The van der Waals surface area contributed by atoms with Crippen LogP contribution in [0.4, 0.5) is 5.69 Å². The summed E-state index contributed by atoms with van der Waals surface area (Å²) in [5.41, 5.74) is 2.47. The van der Waals surface area contributed by atoms with Gasteiger partial charge in [0.1, 0.15) is 0 Å². The zero-order chi connectivity index (χ0) is 15.1. The van der Waals surface area contributed by atoms with Gasteiger partial charge in [-0.15, -0.1) is 11.3 Å². The van der Waals surface area contributed by atoms with E-state index in [9.17, 15) is 4.79 Å². The van der Waals surface area contributed by atoms with E-state index in [-0.39, 0.29) is 12.4 Å². The highest BCUT2D eigenvalue weighted by Crippen LogP contribution is 2.34. The van der Waals surface area contributed by atoms with Crippen molar-refractivity contribution >= 4 is 22.0 Å². The van der Waals surface area contributed by atoms with Gasteiger partial charge in [-0.3, -0.25) is 9.20 Å². The van der Waals surface area contributed by atoms with Crippen molar-refractivity contribution in [1.82, 2.24) is 9.38 Å². The SMILES string of the molecule is Cc1csc2nc(CNc3ccc4c(c3)OCO4)cc(=O)n12. The first-order valence-corrected chi connectivity index (χ1v) is 7.69. The smallest absolute Gasteiger partial charge is 0.259 e. The van der Waals surface area contributed by atoms with E-state index in [0.29, 0.717) is 17.2 Å². The second kappa shape index (κ2) is 5.03. The number of aromatic nitrogens is 2. The third kappa shape index (κ3) is 2.19. The molecule has 0 spiro atoms. The number of nitrogens with zero attached hydrogens (tertiary/aromatic N) is 2. The maximum atomic E-state index is 12.1. The third-order valence-corrected chi connectivity index (χ3v) is 4.42. The molecule has 112 valence electrons. The van der Waals surface area contributed by atoms with Crippen LogP contribution in [0.3, 0.4) is 0 Å². The highest BCUT2D eigenvalue weighted by atomic mass is 32.1. The van der Waals surface area contributed by atoms with E-state index < -0.39 is 0 Å². The van der Waals surface area contributed by atoms with Gasteiger partial charge < -0.3 is 14.8 Å². The number of anilines is 1. The van der Waals surface area contributed by atoms with E-state index in [2.05, 4.69) is 10.3 Å². The van der Waals surface area contributed by atoms with Gasteiger partial charge in [0.05, 0.1) is 12.2 Å². The summed E-state index contributed by atoms with van der Waals surface area (Å²) in [5.74, 6) is 1.47. The number of benzene rings is 1. The van der Waals surface area contributed by atoms with Crippen molar-refractivity contribution in [3.05, 3.63) is 51.4 Å². The Morgan fingerprint density at radius 2 is 2.18 bits per heavy atom. The molecule has 0 aliphatic carbocycles. The molecular formula is C15H13N3O3S. The molecule has 2 aromatic heterocycles. The van der Waals surface area contributed by atoms with Crippen LogP contribution in [0.5, 0.6) is 11.5 Å². The minimum absolute atomic E-state index is 0.0498. The average Bonchev–Trinajstić information content (AvgIpc) is 3.11. The number of hydrogen-bond acceptors (Lipinski definition) is 6. The lowest BCUT2D eigenvalue weighted by Gasteiger charge is -2.07. The summed E-state index contributed by atoms with van der Waals surface area (Å²) in [6.45, 7) is 2.63. The van der Waals surface area contributed by atoms with E-state index >= 15 is 0 Å². The minimum atomic E-state index is -0.0498. The standard InChI is InChI=1S/C15H13N3O3S/c1-9-7-22-15-17-11(5-14(19)18(9)15)6-16-10-2-3-12-13(4-10)21-8-20-12/h2-5,7,16H,6,8H2,1H3. The Bertz CT molecular complexity index is 916. The van der Waals surface area contributed by atoms with Gasteiger partial charge in [0, 0.05) is 28.9 Å². The van der Waals surface area contributed by atoms with Gasteiger partial charge in [0.15, 0.2) is 16.5 Å². The summed E-state index contributed by atoms with van der Waals surface area (Å²) >= 11 is 1.47. The van der Waals surface area contributed by atoms with E-state index in [4.69, 9.17) is 9.47 Å². The number of hydrogen-bond donors (Lipinski definition) is 1. The zero-order valence-electron chi connectivity index (χ0n) is 11.8. The maximum absolute atomic E-state index is 12.1. The van der Waals surface area contributed by atoms with Crippen molar-refractivity contribution in [1.29, 1.82) is 0 Å². The van der Waals surface area contributed by atoms with Crippen LogP contribution in [0.25, 0.3) is 4.96 Å². The fourth-order valence-electron chi connectivity index (χ4n) is 2.39. The van der Waals surface area contributed by atoms with Gasteiger partial charge in [-0.05, 0) is 19.1 Å². The predicted octanol–water partition coefficient (Wildman–Crippen LogP) is 2.41. The van der Waals surface area contributed by atoms with E-state index in [1.54, 1.807) is 10.5 Å². The number of ether oxygens (including phenoxy) is 2. The Balaban J connectivity index is 1.58. The molecule has 1 aliphatic heterocycles. The van der Waals surface area contributed by atoms with Crippen LogP contribution in [-0.2, 0) is 6.54 Å². The highest BCUT2D eigenvalue weighted by molar-refractivity contribution is 7.15. The number of rotatable bonds is 3. The van der Waals surface area contributed by atoms with Crippen molar-refractivity contribution in [3.63, 3.8) is 0 Å². The molecule has 4 rings (SSSR count). The zero-order valence-corrected chi connectivity index (χ0v) is 12.6. The second-order valence-electron chi connectivity index (χ2n) is 5.00. The molecule has 0 atom stereocenters. The largest absolute Gasteiger partial charge is 0.454 e. The van der Waals surface area contributed by atoms with Crippen LogP contribution in [0.15, 0.2) is 34.4 Å². The molecule has 0 saturated carbocycles. The maximum Gasteiger partial charge on any atom is 0.259 e. The quantitative estimate of drug-likeness (QED) is 0.804. The summed E-state index contributed by atoms with van der Waals surface area (Å²) in [7, 11) is 0. The summed E-state index contributed by atoms with van der Waals surface area (Å²) < 4.78 is 12.2. The monoisotopic (exact) mass is 315 g/mol. The molecule has 0 saturated heterocycles. The second-order valence-corrected chi connectivity index (χ2v) is 5.84. The third-order valence-electron chi connectivity index (χ3n) is 3.47. The van der Waals surface area contributed by atoms with Gasteiger partial charge >= 0.3 is 0 Å². The molecular weight excluding hydrogens is 302 g/mol. The summed E-state index contributed by atoms with van der Waals surface area (Å²) in [4.78, 5) is 17.3. The first-order chi connectivity index (χ1) is 10.7. The molecule has 7 heteroatoms. The molecule has 1 N–H and O–H groups in total. The molecule has 1 aromatic carbocycles. The Morgan fingerprint density at radius 1 is 1.32 bits per heavy atom.